The van der Waals surface area contributed by atoms with Crippen LogP contribution in [0, 0.1) is 0 Å². The Hall–Kier alpha value is -7.94. The third kappa shape index (κ3) is 6.61. The van der Waals surface area contributed by atoms with Gasteiger partial charge in [0, 0.05) is 34.1 Å². The van der Waals surface area contributed by atoms with Gasteiger partial charge in [0.2, 0.25) is 0 Å². The van der Waals surface area contributed by atoms with Crippen molar-refractivity contribution in [1.82, 2.24) is 0 Å². The van der Waals surface area contributed by atoms with E-state index in [4.69, 9.17) is 0 Å². The molecular formula is C58H40N2. The quantitative estimate of drug-likeness (QED) is 0.152. The van der Waals surface area contributed by atoms with E-state index in [0.717, 1.165) is 39.7 Å². The van der Waals surface area contributed by atoms with Gasteiger partial charge in [-0.25, -0.2) is 0 Å². The van der Waals surface area contributed by atoms with Crippen molar-refractivity contribution >= 4 is 77.2 Å². The van der Waals surface area contributed by atoms with Crippen LogP contribution in [0.15, 0.2) is 243 Å². The van der Waals surface area contributed by atoms with Gasteiger partial charge in [0.05, 0.1) is 0 Å². The Bertz CT molecular complexity index is 3230. The van der Waals surface area contributed by atoms with Gasteiger partial charge in [-0.1, -0.05) is 170 Å². The molecule has 0 bridgehead atoms. The SMILES string of the molecule is c1ccc2cc(N(c3ccc(-c4ccc(N(c5ccc6ccccc6c5)c5ccc6ccccc6c5)cc4)cc3)c3ccc(-c4cccc5ccccc45)cc3)ccc2c1. The van der Waals surface area contributed by atoms with Crippen molar-refractivity contribution in [1.29, 1.82) is 0 Å². The lowest BCUT2D eigenvalue weighted by atomic mass is 9.98. The minimum atomic E-state index is 1.10. The van der Waals surface area contributed by atoms with E-state index in [0.29, 0.717) is 0 Å². The van der Waals surface area contributed by atoms with E-state index in [-0.39, 0.29) is 0 Å². The smallest absolute Gasteiger partial charge is 0.0468 e. The molecule has 0 unspecified atom stereocenters. The minimum Gasteiger partial charge on any atom is -0.310 e. The van der Waals surface area contributed by atoms with Crippen LogP contribution in [0.25, 0.3) is 65.3 Å². The molecule has 282 valence electrons. The maximum Gasteiger partial charge on any atom is 0.0468 e. The topological polar surface area (TPSA) is 6.48 Å². The molecule has 11 rings (SSSR count). The third-order valence-corrected chi connectivity index (χ3v) is 11.8. The second-order valence-corrected chi connectivity index (χ2v) is 15.4. The number of rotatable bonds is 8. The van der Waals surface area contributed by atoms with Crippen LogP contribution in [0.2, 0.25) is 0 Å². The van der Waals surface area contributed by atoms with Crippen LogP contribution in [-0.2, 0) is 0 Å². The van der Waals surface area contributed by atoms with Gasteiger partial charge in [0.25, 0.3) is 0 Å². The molecule has 0 atom stereocenters. The molecule has 11 aromatic carbocycles. The van der Waals surface area contributed by atoms with Gasteiger partial charge in [-0.3, -0.25) is 0 Å². The van der Waals surface area contributed by atoms with Gasteiger partial charge < -0.3 is 9.80 Å². The molecule has 60 heavy (non-hydrogen) atoms. The molecule has 0 amide bonds. The first-order valence-electron chi connectivity index (χ1n) is 20.6. The summed E-state index contributed by atoms with van der Waals surface area (Å²) in [5, 5.41) is 9.85. The van der Waals surface area contributed by atoms with Crippen molar-refractivity contribution in [2.24, 2.45) is 0 Å². The summed E-state index contributed by atoms with van der Waals surface area (Å²) in [4.78, 5) is 4.72. The van der Waals surface area contributed by atoms with Crippen molar-refractivity contribution in [2.45, 2.75) is 0 Å². The van der Waals surface area contributed by atoms with Gasteiger partial charge in [-0.15, -0.1) is 0 Å². The van der Waals surface area contributed by atoms with Crippen molar-refractivity contribution in [3.8, 4) is 22.3 Å². The van der Waals surface area contributed by atoms with Gasteiger partial charge in [-0.2, -0.15) is 0 Å². The summed E-state index contributed by atoms with van der Waals surface area (Å²) >= 11 is 0. The molecule has 0 saturated carbocycles. The molecule has 0 N–H and O–H groups in total. The molecule has 0 fully saturated rings. The molecule has 2 nitrogen and oxygen atoms in total. The summed E-state index contributed by atoms with van der Waals surface area (Å²) < 4.78 is 0. The normalized spacial score (nSPS) is 11.3. The van der Waals surface area contributed by atoms with E-state index >= 15 is 0 Å². The summed E-state index contributed by atoms with van der Waals surface area (Å²) in [5.41, 5.74) is 11.5. The van der Waals surface area contributed by atoms with Crippen LogP contribution < -0.4 is 9.80 Å². The third-order valence-electron chi connectivity index (χ3n) is 11.8. The summed E-state index contributed by atoms with van der Waals surface area (Å²) in [5.74, 6) is 0. The first kappa shape index (κ1) is 35.2. The van der Waals surface area contributed by atoms with E-state index in [2.05, 4.69) is 252 Å². The molecule has 0 aliphatic heterocycles. The highest BCUT2D eigenvalue weighted by atomic mass is 15.1. The predicted molar refractivity (Wildman–Crippen MR) is 257 cm³/mol. The molecule has 0 saturated heterocycles. The number of anilines is 6. The van der Waals surface area contributed by atoms with E-state index in [1.807, 2.05) is 0 Å². The zero-order valence-corrected chi connectivity index (χ0v) is 33.0. The van der Waals surface area contributed by atoms with E-state index in [9.17, 15) is 0 Å². The lowest BCUT2D eigenvalue weighted by Gasteiger charge is -2.27. The Kier molecular flexibility index (Phi) is 8.87. The average Bonchev–Trinajstić information content (AvgIpc) is 3.32. The van der Waals surface area contributed by atoms with E-state index in [1.54, 1.807) is 0 Å². The molecule has 0 heterocycles. The van der Waals surface area contributed by atoms with Crippen LogP contribution in [0.5, 0.6) is 0 Å². The van der Waals surface area contributed by atoms with Gasteiger partial charge in [0.15, 0.2) is 0 Å². The highest BCUT2D eigenvalue weighted by Gasteiger charge is 2.17. The van der Waals surface area contributed by atoms with Gasteiger partial charge in [-0.05, 0) is 138 Å². The number of fused-ring (bicyclic) bond motifs is 4. The lowest BCUT2D eigenvalue weighted by molar-refractivity contribution is 1.29. The maximum atomic E-state index is 2.36. The number of hydrogen-bond acceptors (Lipinski definition) is 2. The molecular weight excluding hydrogens is 725 g/mol. The van der Waals surface area contributed by atoms with Crippen molar-refractivity contribution in [3.63, 3.8) is 0 Å². The zero-order valence-electron chi connectivity index (χ0n) is 33.0. The molecule has 2 heteroatoms. The molecule has 0 aliphatic rings. The Morgan fingerprint density at radius 2 is 0.517 bits per heavy atom. The summed E-state index contributed by atoms with van der Waals surface area (Å²) in [6.07, 6.45) is 0. The summed E-state index contributed by atoms with van der Waals surface area (Å²) in [6, 6.07) is 88.0. The fraction of sp³-hybridized carbons (Fsp3) is 0. The van der Waals surface area contributed by atoms with Crippen LogP contribution >= 0.6 is 0 Å². The first-order valence-corrected chi connectivity index (χ1v) is 20.6. The van der Waals surface area contributed by atoms with Crippen LogP contribution in [0.4, 0.5) is 34.1 Å². The van der Waals surface area contributed by atoms with Gasteiger partial charge >= 0.3 is 0 Å². The largest absolute Gasteiger partial charge is 0.310 e. The molecule has 0 aliphatic carbocycles. The van der Waals surface area contributed by atoms with Crippen LogP contribution in [0.3, 0.4) is 0 Å². The molecule has 11 aromatic rings. The van der Waals surface area contributed by atoms with Crippen molar-refractivity contribution in [3.05, 3.63) is 243 Å². The monoisotopic (exact) mass is 764 g/mol. The highest BCUT2D eigenvalue weighted by Crippen LogP contribution is 2.41. The summed E-state index contributed by atoms with van der Waals surface area (Å²) in [7, 11) is 0. The fourth-order valence-corrected chi connectivity index (χ4v) is 8.71. The number of benzene rings is 11. The Balaban J connectivity index is 0.944. The standard InChI is InChI=1S/C58H40N2/c1-4-14-48-38-54(35-24-41(48)10-1)59(52-33-27-47(28-34-52)58-19-9-17-46-13-7-8-18-57(46)58)51-29-20-44(21-30-51)45-22-31-53(32-23-45)60(55-36-25-42-11-2-5-15-49(42)39-55)56-37-26-43-12-3-6-16-50(43)40-56/h1-40H. The lowest BCUT2D eigenvalue weighted by Crippen LogP contribution is -2.10. The fourth-order valence-electron chi connectivity index (χ4n) is 8.71. The maximum absolute atomic E-state index is 2.36. The van der Waals surface area contributed by atoms with Crippen molar-refractivity contribution in [2.75, 3.05) is 9.80 Å². The molecule has 0 aromatic heterocycles. The first-order chi connectivity index (χ1) is 29.7. The number of hydrogen-bond donors (Lipinski definition) is 0. The predicted octanol–water partition coefficient (Wildman–Crippen LogP) is 16.6. The number of nitrogens with zero attached hydrogens (tertiary/aromatic N) is 2. The minimum absolute atomic E-state index is 1.10. The van der Waals surface area contributed by atoms with Crippen molar-refractivity contribution < 1.29 is 0 Å². The van der Waals surface area contributed by atoms with Crippen LogP contribution in [0.1, 0.15) is 0 Å². The summed E-state index contributed by atoms with van der Waals surface area (Å²) in [6.45, 7) is 0. The Morgan fingerprint density at radius 3 is 0.950 bits per heavy atom. The van der Waals surface area contributed by atoms with E-state index in [1.165, 1.54) is 59.8 Å². The van der Waals surface area contributed by atoms with E-state index < -0.39 is 0 Å². The Labute approximate surface area is 350 Å². The van der Waals surface area contributed by atoms with Gasteiger partial charge in [0.1, 0.15) is 0 Å². The Morgan fingerprint density at radius 1 is 0.200 bits per heavy atom. The molecule has 0 radical (unpaired) electrons. The zero-order chi connectivity index (χ0) is 39.8. The second kappa shape index (κ2) is 15.1. The average molecular weight is 765 g/mol. The highest BCUT2D eigenvalue weighted by molar-refractivity contribution is 5.98. The molecule has 0 spiro atoms. The van der Waals surface area contributed by atoms with Crippen LogP contribution in [-0.4, -0.2) is 0 Å². The second-order valence-electron chi connectivity index (χ2n) is 15.4.